The number of halogens is 1. The fourth-order valence-corrected chi connectivity index (χ4v) is 3.20. The van der Waals surface area contributed by atoms with E-state index in [2.05, 4.69) is 4.72 Å². The van der Waals surface area contributed by atoms with Gasteiger partial charge in [0.15, 0.2) is 0 Å². The molecule has 2 aromatic rings. The van der Waals surface area contributed by atoms with E-state index in [1.807, 2.05) is 6.07 Å². The minimum Gasteiger partial charge on any atom is -0.376 e. The maximum absolute atomic E-state index is 12.5. The molecule has 0 aromatic heterocycles. The van der Waals surface area contributed by atoms with Gasteiger partial charge in [-0.3, -0.25) is 4.72 Å². The van der Waals surface area contributed by atoms with Crippen molar-refractivity contribution in [2.45, 2.75) is 4.90 Å². The van der Waals surface area contributed by atoms with Crippen LogP contribution in [0.4, 0.5) is 11.4 Å². The molecule has 0 heterocycles. The number of nitrogens with zero attached hydrogens (tertiary/aromatic N) is 2. The van der Waals surface area contributed by atoms with Gasteiger partial charge in [-0.1, -0.05) is 17.7 Å². The van der Waals surface area contributed by atoms with Crippen LogP contribution in [0.3, 0.4) is 0 Å². The molecule has 0 fully saturated rings. The van der Waals surface area contributed by atoms with E-state index in [-0.39, 0.29) is 10.5 Å². The topological polar surface area (TPSA) is 73.2 Å². The Morgan fingerprint density at radius 3 is 2.55 bits per heavy atom. The van der Waals surface area contributed by atoms with Crippen molar-refractivity contribution in [2.24, 2.45) is 0 Å². The number of hydrogen-bond acceptors (Lipinski definition) is 4. The predicted octanol–water partition coefficient (Wildman–Crippen LogP) is 3.08. The summed E-state index contributed by atoms with van der Waals surface area (Å²) in [6, 6.07) is 12.7. The largest absolute Gasteiger partial charge is 0.376 e. The van der Waals surface area contributed by atoms with E-state index in [0.717, 1.165) is 0 Å². The number of anilines is 2. The van der Waals surface area contributed by atoms with Crippen LogP contribution in [0.25, 0.3) is 0 Å². The van der Waals surface area contributed by atoms with Gasteiger partial charge in [0, 0.05) is 19.1 Å². The van der Waals surface area contributed by atoms with Gasteiger partial charge in [-0.2, -0.15) is 5.26 Å². The lowest BCUT2D eigenvalue weighted by Gasteiger charge is -2.19. The van der Waals surface area contributed by atoms with Crippen molar-refractivity contribution in [2.75, 3.05) is 23.7 Å². The lowest BCUT2D eigenvalue weighted by atomic mass is 10.2. The Morgan fingerprint density at radius 2 is 1.91 bits per heavy atom. The summed E-state index contributed by atoms with van der Waals surface area (Å²) in [6.45, 7) is 0. The summed E-state index contributed by atoms with van der Waals surface area (Å²) < 4.78 is 27.5. The second-order valence-electron chi connectivity index (χ2n) is 4.80. The molecule has 0 unspecified atom stereocenters. The first-order chi connectivity index (χ1) is 10.3. The summed E-state index contributed by atoms with van der Waals surface area (Å²) in [5.41, 5.74) is 1.34. The Kier molecular flexibility index (Phi) is 4.59. The quantitative estimate of drug-likeness (QED) is 0.931. The maximum atomic E-state index is 12.5. The zero-order valence-corrected chi connectivity index (χ0v) is 13.6. The molecule has 0 aliphatic carbocycles. The Balaban J connectivity index is 2.45. The van der Waals surface area contributed by atoms with Gasteiger partial charge in [0.25, 0.3) is 10.0 Å². The number of benzene rings is 2. The monoisotopic (exact) mass is 335 g/mol. The van der Waals surface area contributed by atoms with Crippen LogP contribution in [-0.2, 0) is 10.0 Å². The predicted molar refractivity (Wildman–Crippen MR) is 87.7 cm³/mol. The molecule has 0 aliphatic heterocycles. The molecule has 0 radical (unpaired) electrons. The smallest absolute Gasteiger partial charge is 0.262 e. The van der Waals surface area contributed by atoms with Crippen LogP contribution in [0.2, 0.25) is 5.02 Å². The lowest BCUT2D eigenvalue weighted by molar-refractivity contribution is 0.601. The van der Waals surface area contributed by atoms with E-state index in [1.54, 1.807) is 43.3 Å². The molecule has 2 aromatic carbocycles. The van der Waals surface area contributed by atoms with Gasteiger partial charge in [-0.05, 0) is 36.4 Å². The first-order valence-corrected chi connectivity index (χ1v) is 8.19. The van der Waals surface area contributed by atoms with Gasteiger partial charge in [0.1, 0.15) is 0 Å². The highest BCUT2D eigenvalue weighted by Crippen LogP contribution is 2.29. The van der Waals surface area contributed by atoms with Crippen LogP contribution in [0.5, 0.6) is 0 Å². The van der Waals surface area contributed by atoms with Crippen LogP contribution in [0, 0.1) is 11.3 Å². The molecule has 0 bridgehead atoms. The van der Waals surface area contributed by atoms with Gasteiger partial charge in [0.2, 0.25) is 0 Å². The Morgan fingerprint density at radius 1 is 1.18 bits per heavy atom. The molecule has 0 spiro atoms. The van der Waals surface area contributed by atoms with Crippen LogP contribution in [-0.4, -0.2) is 22.5 Å². The highest BCUT2D eigenvalue weighted by atomic mass is 35.5. The van der Waals surface area contributed by atoms with E-state index in [9.17, 15) is 8.42 Å². The Labute approximate surface area is 134 Å². The number of nitrogens with one attached hydrogen (secondary N) is 1. The zero-order chi connectivity index (χ0) is 16.3. The van der Waals surface area contributed by atoms with Crippen molar-refractivity contribution in [3.63, 3.8) is 0 Å². The fourth-order valence-electron chi connectivity index (χ4n) is 1.92. The van der Waals surface area contributed by atoms with Crippen molar-refractivity contribution in [3.05, 3.63) is 53.1 Å². The van der Waals surface area contributed by atoms with E-state index in [1.165, 1.54) is 18.2 Å². The molecule has 114 valence electrons. The van der Waals surface area contributed by atoms with Crippen LogP contribution >= 0.6 is 11.6 Å². The molecular formula is C15H14ClN3O2S. The standard InChI is InChI=1S/C15H14ClN3O2S/c1-19(2)15-7-6-12(16)9-14(15)18-22(20,21)13-5-3-4-11(8-13)10-17/h3-9,18H,1-2H3. The fraction of sp³-hybridized carbons (Fsp3) is 0.133. The van der Waals surface area contributed by atoms with E-state index < -0.39 is 10.0 Å². The van der Waals surface area contributed by atoms with Crippen LogP contribution in [0.15, 0.2) is 47.4 Å². The molecule has 0 aliphatic rings. The summed E-state index contributed by atoms with van der Waals surface area (Å²) in [6.07, 6.45) is 0. The van der Waals surface area contributed by atoms with E-state index >= 15 is 0 Å². The Bertz CT molecular complexity index is 842. The minimum atomic E-state index is -3.81. The molecule has 2 rings (SSSR count). The number of hydrogen-bond donors (Lipinski definition) is 1. The van der Waals surface area contributed by atoms with Crippen LogP contribution < -0.4 is 9.62 Å². The maximum Gasteiger partial charge on any atom is 0.262 e. The summed E-state index contributed by atoms with van der Waals surface area (Å²) >= 11 is 5.95. The van der Waals surface area contributed by atoms with Crippen molar-refractivity contribution in [1.29, 1.82) is 5.26 Å². The summed E-state index contributed by atoms with van der Waals surface area (Å²) in [5.74, 6) is 0. The Hall–Kier alpha value is -2.23. The minimum absolute atomic E-state index is 0.0243. The van der Waals surface area contributed by atoms with Crippen molar-refractivity contribution >= 4 is 33.0 Å². The van der Waals surface area contributed by atoms with Crippen LogP contribution in [0.1, 0.15) is 5.56 Å². The van der Waals surface area contributed by atoms with Crippen molar-refractivity contribution in [3.8, 4) is 6.07 Å². The number of nitriles is 1. The molecule has 5 nitrogen and oxygen atoms in total. The average Bonchev–Trinajstić information content (AvgIpc) is 2.46. The zero-order valence-electron chi connectivity index (χ0n) is 12.0. The van der Waals surface area contributed by atoms with Gasteiger partial charge in [-0.25, -0.2) is 8.42 Å². The van der Waals surface area contributed by atoms with Gasteiger partial charge in [0.05, 0.1) is 27.9 Å². The summed E-state index contributed by atoms with van der Waals surface area (Å²) in [5, 5.41) is 9.31. The number of rotatable bonds is 4. The third kappa shape index (κ3) is 3.50. The third-order valence-electron chi connectivity index (χ3n) is 2.96. The SMILES string of the molecule is CN(C)c1ccc(Cl)cc1NS(=O)(=O)c1cccc(C#N)c1. The molecule has 1 N–H and O–H groups in total. The van der Waals surface area contributed by atoms with Crippen molar-refractivity contribution in [1.82, 2.24) is 0 Å². The molecule has 0 saturated carbocycles. The highest BCUT2D eigenvalue weighted by Gasteiger charge is 2.17. The summed E-state index contributed by atoms with van der Waals surface area (Å²) in [7, 11) is -0.199. The number of sulfonamides is 1. The molecule has 0 saturated heterocycles. The van der Waals surface area contributed by atoms with E-state index in [4.69, 9.17) is 16.9 Å². The molecule has 22 heavy (non-hydrogen) atoms. The second kappa shape index (κ2) is 6.26. The second-order valence-corrected chi connectivity index (χ2v) is 6.92. The first-order valence-electron chi connectivity index (χ1n) is 6.33. The average molecular weight is 336 g/mol. The molecule has 7 heteroatoms. The highest BCUT2D eigenvalue weighted by molar-refractivity contribution is 7.92. The van der Waals surface area contributed by atoms with E-state index in [0.29, 0.717) is 16.4 Å². The lowest BCUT2D eigenvalue weighted by Crippen LogP contribution is -2.17. The normalized spacial score (nSPS) is 10.8. The molecule has 0 atom stereocenters. The van der Waals surface area contributed by atoms with Gasteiger partial charge in [-0.15, -0.1) is 0 Å². The summed E-state index contributed by atoms with van der Waals surface area (Å²) in [4.78, 5) is 1.80. The van der Waals surface area contributed by atoms with Gasteiger partial charge < -0.3 is 4.90 Å². The third-order valence-corrected chi connectivity index (χ3v) is 4.56. The molecule has 0 amide bonds. The first kappa shape index (κ1) is 16.1. The van der Waals surface area contributed by atoms with Gasteiger partial charge >= 0.3 is 0 Å². The molecular weight excluding hydrogens is 322 g/mol. The van der Waals surface area contributed by atoms with Crippen molar-refractivity contribution < 1.29 is 8.42 Å².